The largest absolute Gasteiger partial charge is 0.482 e. The van der Waals surface area contributed by atoms with Gasteiger partial charge in [0.05, 0.1) is 22.8 Å². The van der Waals surface area contributed by atoms with E-state index in [0.29, 0.717) is 17.0 Å². The van der Waals surface area contributed by atoms with E-state index in [-0.39, 0.29) is 24.7 Å². The van der Waals surface area contributed by atoms with Crippen LogP contribution in [0.5, 0.6) is 5.75 Å². The van der Waals surface area contributed by atoms with Gasteiger partial charge in [0, 0.05) is 6.07 Å². The standard InChI is InChI=1S/C13H14N2O5/c1-8-11(9(2)20-14-8)7-19-13-4-3-10(6-16)5-12(13)15(17)18/h3-5,16H,6-7H2,1-2H3. The van der Waals surface area contributed by atoms with Crippen molar-refractivity contribution in [2.45, 2.75) is 27.1 Å². The van der Waals surface area contributed by atoms with Gasteiger partial charge >= 0.3 is 5.69 Å². The summed E-state index contributed by atoms with van der Waals surface area (Å²) in [6, 6.07) is 4.35. The molecule has 1 aromatic heterocycles. The molecule has 1 heterocycles. The van der Waals surface area contributed by atoms with E-state index in [1.807, 2.05) is 0 Å². The van der Waals surface area contributed by atoms with Gasteiger partial charge in [-0.1, -0.05) is 11.2 Å². The number of aliphatic hydroxyl groups is 1. The number of aryl methyl sites for hydroxylation is 2. The van der Waals surface area contributed by atoms with Gasteiger partial charge in [0.25, 0.3) is 0 Å². The molecule has 0 atom stereocenters. The zero-order valence-corrected chi connectivity index (χ0v) is 11.1. The highest BCUT2D eigenvalue weighted by atomic mass is 16.6. The van der Waals surface area contributed by atoms with E-state index in [4.69, 9.17) is 14.4 Å². The van der Waals surface area contributed by atoms with Crippen LogP contribution >= 0.6 is 0 Å². The second kappa shape index (κ2) is 5.70. The molecular formula is C13H14N2O5. The molecule has 0 saturated carbocycles. The smallest absolute Gasteiger partial charge is 0.311 e. The normalized spacial score (nSPS) is 10.6. The molecule has 0 aliphatic carbocycles. The van der Waals surface area contributed by atoms with Crippen LogP contribution in [0.1, 0.15) is 22.6 Å². The van der Waals surface area contributed by atoms with Gasteiger partial charge in [-0.3, -0.25) is 10.1 Å². The monoisotopic (exact) mass is 278 g/mol. The first-order valence-corrected chi connectivity index (χ1v) is 5.95. The number of aromatic nitrogens is 1. The maximum Gasteiger partial charge on any atom is 0.311 e. The van der Waals surface area contributed by atoms with E-state index < -0.39 is 4.92 Å². The zero-order chi connectivity index (χ0) is 14.7. The second-order valence-corrected chi connectivity index (χ2v) is 4.31. The maximum absolute atomic E-state index is 11.0. The molecule has 0 aliphatic rings. The van der Waals surface area contributed by atoms with Crippen molar-refractivity contribution in [3.8, 4) is 5.75 Å². The minimum Gasteiger partial charge on any atom is -0.482 e. The van der Waals surface area contributed by atoms with E-state index in [1.165, 1.54) is 12.1 Å². The highest BCUT2D eigenvalue weighted by Crippen LogP contribution is 2.29. The molecule has 2 aromatic rings. The number of nitro groups is 1. The van der Waals surface area contributed by atoms with Crippen molar-refractivity contribution < 1.29 is 19.3 Å². The number of hydrogen-bond acceptors (Lipinski definition) is 6. The highest BCUT2D eigenvalue weighted by molar-refractivity contribution is 5.48. The molecule has 0 radical (unpaired) electrons. The van der Waals surface area contributed by atoms with Crippen LogP contribution in [0.2, 0.25) is 0 Å². The number of aliphatic hydroxyl groups excluding tert-OH is 1. The summed E-state index contributed by atoms with van der Waals surface area (Å²) in [7, 11) is 0. The molecule has 0 aliphatic heterocycles. The van der Waals surface area contributed by atoms with E-state index in [2.05, 4.69) is 5.16 Å². The number of nitro benzene ring substituents is 1. The number of hydrogen-bond donors (Lipinski definition) is 1. The summed E-state index contributed by atoms with van der Waals surface area (Å²) in [5, 5.41) is 23.8. The van der Waals surface area contributed by atoms with Crippen LogP contribution in [0, 0.1) is 24.0 Å². The highest BCUT2D eigenvalue weighted by Gasteiger charge is 2.17. The average molecular weight is 278 g/mol. The zero-order valence-electron chi connectivity index (χ0n) is 11.1. The fourth-order valence-corrected chi connectivity index (χ4v) is 1.78. The summed E-state index contributed by atoms with van der Waals surface area (Å²) in [4.78, 5) is 10.5. The fourth-order valence-electron chi connectivity index (χ4n) is 1.78. The Morgan fingerprint density at radius 1 is 1.45 bits per heavy atom. The first kappa shape index (κ1) is 14.0. The number of nitrogens with zero attached hydrogens (tertiary/aromatic N) is 2. The van der Waals surface area contributed by atoms with Gasteiger partial charge in [0.15, 0.2) is 5.75 Å². The maximum atomic E-state index is 11.0. The summed E-state index contributed by atoms with van der Waals surface area (Å²) >= 11 is 0. The summed E-state index contributed by atoms with van der Waals surface area (Å²) in [5.41, 5.74) is 1.74. The quantitative estimate of drug-likeness (QED) is 0.665. The molecule has 1 N–H and O–H groups in total. The minimum absolute atomic E-state index is 0.139. The molecule has 0 bridgehead atoms. The fraction of sp³-hybridized carbons (Fsp3) is 0.308. The Labute approximate surface area is 114 Å². The molecule has 1 aromatic carbocycles. The van der Waals surface area contributed by atoms with Crippen molar-refractivity contribution in [1.82, 2.24) is 5.16 Å². The number of benzene rings is 1. The van der Waals surface area contributed by atoms with Crippen LogP contribution in [0.15, 0.2) is 22.7 Å². The number of ether oxygens (including phenoxy) is 1. The van der Waals surface area contributed by atoms with Crippen molar-refractivity contribution in [1.29, 1.82) is 0 Å². The lowest BCUT2D eigenvalue weighted by Gasteiger charge is -2.07. The Morgan fingerprint density at radius 3 is 2.75 bits per heavy atom. The third kappa shape index (κ3) is 2.77. The Bertz CT molecular complexity index is 616. The lowest BCUT2D eigenvalue weighted by molar-refractivity contribution is -0.386. The van der Waals surface area contributed by atoms with Crippen molar-refractivity contribution in [2.75, 3.05) is 0 Å². The van der Waals surface area contributed by atoms with Crippen LogP contribution in [0.3, 0.4) is 0 Å². The summed E-state index contributed by atoms with van der Waals surface area (Å²) in [6.45, 7) is 3.41. The van der Waals surface area contributed by atoms with Crippen LogP contribution in [-0.4, -0.2) is 15.2 Å². The third-order valence-electron chi connectivity index (χ3n) is 2.96. The molecule has 106 valence electrons. The lowest BCUT2D eigenvalue weighted by Crippen LogP contribution is -2.01. The van der Waals surface area contributed by atoms with Crippen molar-refractivity contribution in [2.24, 2.45) is 0 Å². The molecule has 0 fully saturated rings. The summed E-state index contributed by atoms with van der Waals surface area (Å²) < 4.78 is 10.5. The van der Waals surface area contributed by atoms with Crippen molar-refractivity contribution in [3.05, 3.63) is 50.9 Å². The van der Waals surface area contributed by atoms with Crippen molar-refractivity contribution in [3.63, 3.8) is 0 Å². The minimum atomic E-state index is -0.540. The molecule has 7 heteroatoms. The van der Waals surface area contributed by atoms with Gasteiger partial charge in [-0.2, -0.15) is 0 Å². The molecular weight excluding hydrogens is 264 g/mol. The molecule has 20 heavy (non-hydrogen) atoms. The molecule has 0 unspecified atom stereocenters. The van der Waals surface area contributed by atoms with E-state index >= 15 is 0 Å². The predicted octanol–water partition coefficient (Wildman–Crippen LogP) is 2.27. The predicted molar refractivity (Wildman–Crippen MR) is 69.3 cm³/mol. The molecule has 2 rings (SSSR count). The first-order valence-electron chi connectivity index (χ1n) is 5.95. The lowest BCUT2D eigenvalue weighted by atomic mass is 10.2. The van der Waals surface area contributed by atoms with Crippen LogP contribution < -0.4 is 4.74 Å². The molecule has 7 nitrogen and oxygen atoms in total. The van der Waals surface area contributed by atoms with Gasteiger partial charge in [0.2, 0.25) is 0 Å². The molecule has 0 saturated heterocycles. The molecule has 0 spiro atoms. The van der Waals surface area contributed by atoms with Crippen LogP contribution in [0.25, 0.3) is 0 Å². The van der Waals surface area contributed by atoms with Gasteiger partial charge in [-0.05, 0) is 25.5 Å². The first-order chi connectivity index (χ1) is 9.52. The third-order valence-corrected chi connectivity index (χ3v) is 2.96. The average Bonchev–Trinajstić information content (AvgIpc) is 2.75. The van der Waals surface area contributed by atoms with Gasteiger partial charge in [-0.15, -0.1) is 0 Å². The van der Waals surface area contributed by atoms with E-state index in [9.17, 15) is 10.1 Å². The summed E-state index contributed by atoms with van der Waals surface area (Å²) in [6.07, 6.45) is 0. The van der Waals surface area contributed by atoms with Gasteiger partial charge < -0.3 is 14.4 Å². The summed E-state index contributed by atoms with van der Waals surface area (Å²) in [5.74, 6) is 0.768. The number of rotatable bonds is 5. The Morgan fingerprint density at radius 2 is 2.20 bits per heavy atom. The topological polar surface area (TPSA) is 98.6 Å². The van der Waals surface area contributed by atoms with E-state index in [0.717, 1.165) is 5.56 Å². The Balaban J connectivity index is 2.23. The van der Waals surface area contributed by atoms with Crippen LogP contribution in [0.4, 0.5) is 5.69 Å². The van der Waals surface area contributed by atoms with Gasteiger partial charge in [-0.25, -0.2) is 0 Å². The molecule has 0 amide bonds. The second-order valence-electron chi connectivity index (χ2n) is 4.31. The Hall–Kier alpha value is -2.41. The van der Waals surface area contributed by atoms with Crippen molar-refractivity contribution >= 4 is 5.69 Å². The van der Waals surface area contributed by atoms with Crippen LogP contribution in [-0.2, 0) is 13.2 Å². The SMILES string of the molecule is Cc1noc(C)c1COc1ccc(CO)cc1[N+](=O)[O-]. The van der Waals surface area contributed by atoms with E-state index in [1.54, 1.807) is 19.9 Å². The van der Waals surface area contributed by atoms with Gasteiger partial charge in [0.1, 0.15) is 12.4 Å². The Kier molecular flexibility index (Phi) is 3.99.